The van der Waals surface area contributed by atoms with Gasteiger partial charge in [0.2, 0.25) is 10.0 Å². The molecule has 5 nitrogen and oxygen atoms in total. The Morgan fingerprint density at radius 2 is 1.89 bits per heavy atom. The van der Waals surface area contributed by atoms with Crippen molar-refractivity contribution >= 4 is 10.0 Å². The molecule has 0 aromatic rings. The molecule has 2 fully saturated rings. The topological polar surface area (TPSA) is 60.9 Å². The lowest BCUT2D eigenvalue weighted by molar-refractivity contribution is 0.0252. The Labute approximate surface area is 116 Å². The van der Waals surface area contributed by atoms with Gasteiger partial charge in [-0.3, -0.25) is 0 Å². The number of aliphatic hydroxyl groups is 1. The lowest BCUT2D eigenvalue weighted by Gasteiger charge is -2.37. The molecule has 1 unspecified atom stereocenters. The second-order valence-corrected chi connectivity index (χ2v) is 8.32. The summed E-state index contributed by atoms with van der Waals surface area (Å²) in [4.78, 5) is 2.30. The minimum atomic E-state index is -3.04. The molecule has 0 amide bonds. The number of hydrogen-bond acceptors (Lipinski definition) is 4. The molecule has 1 aliphatic heterocycles. The summed E-state index contributed by atoms with van der Waals surface area (Å²) < 4.78 is 24.8. The van der Waals surface area contributed by atoms with Gasteiger partial charge in [0.25, 0.3) is 0 Å². The van der Waals surface area contributed by atoms with Gasteiger partial charge in [0, 0.05) is 26.2 Å². The zero-order valence-corrected chi connectivity index (χ0v) is 12.8. The molecular weight excluding hydrogens is 264 g/mol. The van der Waals surface area contributed by atoms with Crippen molar-refractivity contribution in [3.63, 3.8) is 0 Å². The van der Waals surface area contributed by atoms with Gasteiger partial charge in [0.05, 0.1) is 12.4 Å². The minimum absolute atomic E-state index is 0.0891. The van der Waals surface area contributed by atoms with E-state index >= 15 is 0 Å². The summed E-state index contributed by atoms with van der Waals surface area (Å²) in [5.41, 5.74) is 0. The number of piperidine rings is 1. The molecule has 0 bridgehead atoms. The molecule has 1 N–H and O–H groups in total. The Morgan fingerprint density at radius 1 is 1.26 bits per heavy atom. The van der Waals surface area contributed by atoms with Gasteiger partial charge in [-0.15, -0.1) is 0 Å². The Balaban J connectivity index is 1.75. The molecule has 1 saturated carbocycles. The first-order chi connectivity index (χ1) is 8.84. The van der Waals surface area contributed by atoms with Crippen molar-refractivity contribution in [1.82, 2.24) is 9.21 Å². The average molecular weight is 290 g/mol. The standard InChI is InChI=1S/C13H26N2O3S/c1-14(9-12-6-13(16)7-12)8-11-4-3-5-15(10-11)19(2,17)18/h11-13,16H,3-10H2,1-2H3. The maximum absolute atomic E-state index is 11.6. The van der Waals surface area contributed by atoms with Crippen LogP contribution in [0.3, 0.4) is 0 Å². The van der Waals surface area contributed by atoms with Crippen LogP contribution in [0.25, 0.3) is 0 Å². The maximum atomic E-state index is 11.6. The highest BCUT2D eigenvalue weighted by atomic mass is 32.2. The zero-order valence-electron chi connectivity index (χ0n) is 12.0. The lowest BCUT2D eigenvalue weighted by Crippen LogP contribution is -2.44. The summed E-state index contributed by atoms with van der Waals surface area (Å²) in [6.07, 6.45) is 5.13. The molecule has 1 atom stereocenters. The SMILES string of the molecule is CN(CC1CC(O)C1)CC1CCCN(S(C)(=O)=O)C1. The van der Waals surface area contributed by atoms with E-state index in [9.17, 15) is 13.5 Å². The summed E-state index contributed by atoms with van der Waals surface area (Å²) in [7, 11) is -0.935. The van der Waals surface area contributed by atoms with E-state index in [0.717, 1.165) is 38.8 Å². The van der Waals surface area contributed by atoms with E-state index in [-0.39, 0.29) is 6.10 Å². The molecule has 0 spiro atoms. The van der Waals surface area contributed by atoms with Crippen molar-refractivity contribution < 1.29 is 13.5 Å². The normalized spacial score (nSPS) is 33.4. The molecule has 2 rings (SSSR count). The molecule has 2 aliphatic rings. The van der Waals surface area contributed by atoms with Crippen LogP contribution >= 0.6 is 0 Å². The summed E-state index contributed by atoms with van der Waals surface area (Å²) in [6, 6.07) is 0. The number of aliphatic hydroxyl groups excluding tert-OH is 1. The quantitative estimate of drug-likeness (QED) is 0.794. The third-order valence-electron chi connectivity index (χ3n) is 4.30. The molecule has 6 heteroatoms. The van der Waals surface area contributed by atoms with E-state index < -0.39 is 10.0 Å². The molecular formula is C13H26N2O3S. The smallest absolute Gasteiger partial charge is 0.211 e. The zero-order chi connectivity index (χ0) is 14.0. The molecule has 1 heterocycles. The van der Waals surface area contributed by atoms with Crippen LogP contribution in [0.4, 0.5) is 0 Å². The van der Waals surface area contributed by atoms with Gasteiger partial charge < -0.3 is 10.0 Å². The fraction of sp³-hybridized carbons (Fsp3) is 1.00. The first kappa shape index (κ1) is 15.2. The first-order valence-electron chi connectivity index (χ1n) is 7.16. The first-order valence-corrected chi connectivity index (χ1v) is 9.01. The Kier molecular flexibility index (Phi) is 4.87. The van der Waals surface area contributed by atoms with Crippen molar-refractivity contribution in [1.29, 1.82) is 0 Å². The molecule has 19 heavy (non-hydrogen) atoms. The van der Waals surface area contributed by atoms with E-state index in [4.69, 9.17) is 0 Å². The second-order valence-electron chi connectivity index (χ2n) is 6.34. The molecule has 1 saturated heterocycles. The van der Waals surface area contributed by atoms with E-state index in [2.05, 4.69) is 11.9 Å². The van der Waals surface area contributed by atoms with Crippen molar-refractivity contribution in [2.75, 3.05) is 39.5 Å². The fourth-order valence-corrected chi connectivity index (χ4v) is 4.23. The maximum Gasteiger partial charge on any atom is 0.211 e. The van der Waals surface area contributed by atoms with E-state index in [1.807, 2.05) is 0 Å². The summed E-state index contributed by atoms with van der Waals surface area (Å²) in [5.74, 6) is 1.06. The van der Waals surface area contributed by atoms with Crippen molar-refractivity contribution in [3.8, 4) is 0 Å². The number of sulfonamides is 1. The van der Waals surface area contributed by atoms with Crippen LogP contribution in [0.5, 0.6) is 0 Å². The van der Waals surface area contributed by atoms with Crippen molar-refractivity contribution in [3.05, 3.63) is 0 Å². The third kappa shape index (κ3) is 4.41. The predicted octanol–water partition coefficient (Wildman–Crippen LogP) is 0.361. The van der Waals surface area contributed by atoms with E-state index in [1.54, 1.807) is 4.31 Å². The highest BCUT2D eigenvalue weighted by molar-refractivity contribution is 7.88. The fourth-order valence-electron chi connectivity index (χ4n) is 3.28. The van der Waals surface area contributed by atoms with Gasteiger partial charge in [-0.25, -0.2) is 12.7 Å². The van der Waals surface area contributed by atoms with Crippen LogP contribution < -0.4 is 0 Å². The molecule has 112 valence electrons. The van der Waals surface area contributed by atoms with Crippen LogP contribution in [-0.4, -0.2) is 68.3 Å². The van der Waals surface area contributed by atoms with E-state index in [0.29, 0.717) is 24.9 Å². The summed E-state index contributed by atoms with van der Waals surface area (Å²) >= 11 is 0. The average Bonchev–Trinajstić information content (AvgIpc) is 2.26. The van der Waals surface area contributed by atoms with Gasteiger partial charge in [0.1, 0.15) is 0 Å². The second kappa shape index (κ2) is 6.08. The Morgan fingerprint density at radius 3 is 2.47 bits per heavy atom. The molecule has 0 aromatic carbocycles. The third-order valence-corrected chi connectivity index (χ3v) is 5.57. The summed E-state index contributed by atoms with van der Waals surface area (Å²) in [6.45, 7) is 3.31. The lowest BCUT2D eigenvalue weighted by atomic mass is 9.82. The Hall–Kier alpha value is -0.170. The largest absolute Gasteiger partial charge is 0.393 e. The monoisotopic (exact) mass is 290 g/mol. The highest BCUT2D eigenvalue weighted by Gasteiger charge is 2.30. The van der Waals surface area contributed by atoms with Crippen LogP contribution in [0, 0.1) is 11.8 Å². The van der Waals surface area contributed by atoms with E-state index in [1.165, 1.54) is 6.26 Å². The van der Waals surface area contributed by atoms with Gasteiger partial charge in [0.15, 0.2) is 0 Å². The van der Waals surface area contributed by atoms with Crippen LogP contribution in [0.1, 0.15) is 25.7 Å². The van der Waals surface area contributed by atoms with Crippen LogP contribution in [-0.2, 0) is 10.0 Å². The van der Waals surface area contributed by atoms with Gasteiger partial charge in [-0.2, -0.15) is 0 Å². The number of nitrogens with zero attached hydrogens (tertiary/aromatic N) is 2. The Bertz CT molecular complexity index is 393. The van der Waals surface area contributed by atoms with Crippen LogP contribution in [0.15, 0.2) is 0 Å². The van der Waals surface area contributed by atoms with Gasteiger partial charge in [-0.1, -0.05) is 0 Å². The van der Waals surface area contributed by atoms with Crippen molar-refractivity contribution in [2.45, 2.75) is 31.8 Å². The van der Waals surface area contributed by atoms with Crippen LogP contribution in [0.2, 0.25) is 0 Å². The molecule has 1 aliphatic carbocycles. The summed E-state index contributed by atoms with van der Waals surface area (Å²) in [5, 5.41) is 9.29. The number of hydrogen-bond donors (Lipinski definition) is 1. The molecule has 0 aromatic heterocycles. The molecule has 0 radical (unpaired) electrons. The van der Waals surface area contributed by atoms with Gasteiger partial charge >= 0.3 is 0 Å². The minimum Gasteiger partial charge on any atom is -0.393 e. The number of rotatable bonds is 5. The van der Waals surface area contributed by atoms with Gasteiger partial charge in [-0.05, 0) is 44.6 Å². The predicted molar refractivity (Wildman–Crippen MR) is 75.4 cm³/mol. The van der Waals surface area contributed by atoms with Crippen molar-refractivity contribution in [2.24, 2.45) is 11.8 Å². The highest BCUT2D eigenvalue weighted by Crippen LogP contribution is 2.28.